The number of thioether (sulfide) groups is 1. The summed E-state index contributed by atoms with van der Waals surface area (Å²) in [5, 5.41) is 28.9. The van der Waals surface area contributed by atoms with Gasteiger partial charge in [-0.3, -0.25) is 19.8 Å². The minimum Gasteiger partial charge on any atom is -0.508 e. The van der Waals surface area contributed by atoms with Gasteiger partial charge in [0, 0.05) is 17.7 Å². The smallest absolute Gasteiger partial charge is 0.270 e. The van der Waals surface area contributed by atoms with Crippen LogP contribution < -0.4 is 0 Å². The first-order valence-electron chi connectivity index (χ1n) is 9.38. The van der Waals surface area contributed by atoms with Crippen molar-refractivity contribution in [2.24, 2.45) is 10.2 Å². The van der Waals surface area contributed by atoms with Crippen molar-refractivity contribution in [1.82, 2.24) is 4.90 Å². The zero-order valence-corrected chi connectivity index (χ0v) is 17.3. The number of benzene rings is 2. The van der Waals surface area contributed by atoms with Crippen LogP contribution in [0.2, 0.25) is 0 Å². The number of hydrogen-bond acceptors (Lipinski definition) is 8. The molecule has 3 aromatic rings. The Balaban J connectivity index is 1.61. The fourth-order valence-corrected chi connectivity index (χ4v) is 3.80. The summed E-state index contributed by atoms with van der Waals surface area (Å²) < 4.78 is 5.36. The van der Waals surface area contributed by atoms with Crippen molar-refractivity contribution >= 4 is 40.8 Å². The van der Waals surface area contributed by atoms with Crippen LogP contribution in [-0.2, 0) is 11.3 Å². The third-order valence-electron chi connectivity index (χ3n) is 4.40. The van der Waals surface area contributed by atoms with Crippen LogP contribution in [-0.4, -0.2) is 32.2 Å². The molecule has 0 radical (unpaired) electrons. The normalized spacial score (nSPS) is 16.5. The zero-order valence-electron chi connectivity index (χ0n) is 16.5. The Hall–Kier alpha value is -4.18. The van der Waals surface area contributed by atoms with E-state index in [-0.39, 0.29) is 23.9 Å². The minimum absolute atomic E-state index is 0.0504. The van der Waals surface area contributed by atoms with E-state index < -0.39 is 4.92 Å². The number of hydrogen-bond donors (Lipinski definition) is 1. The number of nitrogens with zero attached hydrogens (tertiary/aromatic N) is 4. The van der Waals surface area contributed by atoms with Gasteiger partial charge in [-0.05, 0) is 47.7 Å². The summed E-state index contributed by atoms with van der Waals surface area (Å²) >= 11 is 1.15. The number of rotatable bonds is 6. The lowest BCUT2D eigenvalue weighted by molar-refractivity contribution is -0.384. The van der Waals surface area contributed by atoms with E-state index in [2.05, 4.69) is 10.2 Å². The molecule has 0 spiro atoms. The topological polar surface area (TPSA) is 122 Å². The molecule has 0 atom stereocenters. The zero-order chi connectivity index (χ0) is 22.5. The van der Waals surface area contributed by atoms with Crippen molar-refractivity contribution < 1.29 is 19.2 Å². The number of carbonyl (C=O) groups excluding carboxylic acids is 1. The highest BCUT2D eigenvalue weighted by Crippen LogP contribution is 2.34. The molecule has 1 aromatic heterocycles. The molecule has 1 amide bonds. The third kappa shape index (κ3) is 4.93. The van der Waals surface area contributed by atoms with Crippen LogP contribution >= 0.6 is 11.8 Å². The lowest BCUT2D eigenvalue weighted by Crippen LogP contribution is -2.28. The molecule has 0 aliphatic carbocycles. The molecule has 0 bridgehead atoms. The van der Waals surface area contributed by atoms with Crippen molar-refractivity contribution in [3.05, 3.63) is 98.8 Å². The number of amides is 1. The maximum atomic E-state index is 13.0. The number of phenols is 1. The van der Waals surface area contributed by atoms with Crippen molar-refractivity contribution in [1.29, 1.82) is 0 Å². The highest BCUT2D eigenvalue weighted by Gasteiger charge is 2.34. The van der Waals surface area contributed by atoms with E-state index in [1.807, 2.05) is 0 Å². The minimum atomic E-state index is -0.486. The molecule has 2 aromatic carbocycles. The summed E-state index contributed by atoms with van der Waals surface area (Å²) in [6.07, 6.45) is 4.61. The monoisotopic (exact) mass is 448 g/mol. The number of nitro groups is 1. The number of furan rings is 1. The molecule has 0 unspecified atom stereocenters. The number of non-ortho nitro benzene ring substituents is 1. The van der Waals surface area contributed by atoms with Crippen LogP contribution in [0.3, 0.4) is 0 Å². The summed E-state index contributed by atoms with van der Waals surface area (Å²) in [5.41, 5.74) is 1.21. The Morgan fingerprint density at radius 2 is 1.94 bits per heavy atom. The maximum Gasteiger partial charge on any atom is 0.270 e. The summed E-state index contributed by atoms with van der Waals surface area (Å²) in [7, 11) is 0. The van der Waals surface area contributed by atoms with E-state index in [1.54, 1.807) is 42.5 Å². The first-order valence-corrected chi connectivity index (χ1v) is 10.2. The van der Waals surface area contributed by atoms with Gasteiger partial charge in [0.15, 0.2) is 5.17 Å². The molecule has 1 saturated heterocycles. The SMILES string of the molecule is O=C1/C(=C/c2ccc(O)cc2)S/C(=N\N=C\c2cccc([N+](=O)[O-])c2)N1Cc1ccco1. The molecule has 4 rings (SSSR count). The molecule has 1 N–H and O–H groups in total. The van der Waals surface area contributed by atoms with Crippen LogP contribution in [0, 0.1) is 10.1 Å². The maximum absolute atomic E-state index is 13.0. The summed E-state index contributed by atoms with van der Waals surface area (Å²) in [6.45, 7) is 0.177. The van der Waals surface area contributed by atoms with Gasteiger partial charge < -0.3 is 9.52 Å². The van der Waals surface area contributed by atoms with Crippen molar-refractivity contribution in [3.63, 3.8) is 0 Å². The lowest BCUT2D eigenvalue weighted by atomic mass is 10.2. The van der Waals surface area contributed by atoms with Gasteiger partial charge in [-0.2, -0.15) is 5.10 Å². The Morgan fingerprint density at radius 1 is 1.12 bits per heavy atom. The van der Waals surface area contributed by atoms with Crippen LogP contribution in [0.1, 0.15) is 16.9 Å². The molecule has 2 heterocycles. The molecule has 32 heavy (non-hydrogen) atoms. The second kappa shape index (κ2) is 9.31. The highest BCUT2D eigenvalue weighted by molar-refractivity contribution is 8.18. The molecular formula is C22H16N4O5S. The lowest BCUT2D eigenvalue weighted by Gasteiger charge is -2.12. The van der Waals surface area contributed by atoms with Crippen LogP contribution in [0.25, 0.3) is 6.08 Å². The van der Waals surface area contributed by atoms with Crippen LogP contribution in [0.5, 0.6) is 5.75 Å². The Labute approximate surface area is 186 Å². The fraction of sp³-hybridized carbons (Fsp3) is 0.0455. The van der Waals surface area contributed by atoms with E-state index in [4.69, 9.17) is 4.42 Å². The van der Waals surface area contributed by atoms with E-state index in [0.29, 0.717) is 21.4 Å². The predicted molar refractivity (Wildman–Crippen MR) is 121 cm³/mol. The largest absolute Gasteiger partial charge is 0.508 e. The van der Waals surface area contributed by atoms with Gasteiger partial charge in [0.1, 0.15) is 11.5 Å². The number of aromatic hydroxyl groups is 1. The summed E-state index contributed by atoms with van der Waals surface area (Å²) in [6, 6.07) is 15.9. The molecule has 1 aliphatic heterocycles. The van der Waals surface area contributed by atoms with Crippen molar-refractivity contribution in [2.75, 3.05) is 0 Å². The first kappa shape index (κ1) is 21.1. The molecular weight excluding hydrogens is 432 g/mol. The number of amidine groups is 1. The number of carbonyl (C=O) groups is 1. The number of phenolic OH excluding ortho intramolecular Hbond substituents is 1. The molecule has 10 heteroatoms. The number of nitro benzene ring substituents is 1. The van der Waals surface area contributed by atoms with E-state index in [1.165, 1.54) is 41.6 Å². The Morgan fingerprint density at radius 3 is 2.66 bits per heavy atom. The van der Waals surface area contributed by atoms with Crippen molar-refractivity contribution in [3.8, 4) is 5.75 Å². The second-order valence-corrected chi connectivity index (χ2v) is 7.66. The van der Waals surface area contributed by atoms with Gasteiger partial charge in [0.2, 0.25) is 0 Å². The van der Waals surface area contributed by atoms with Crippen molar-refractivity contribution in [2.45, 2.75) is 6.54 Å². The summed E-state index contributed by atoms with van der Waals surface area (Å²) in [4.78, 5) is 25.3. The molecule has 1 aliphatic rings. The molecule has 160 valence electrons. The average Bonchev–Trinajstić information content (AvgIpc) is 3.40. The van der Waals surface area contributed by atoms with Gasteiger partial charge in [0.05, 0.1) is 28.9 Å². The predicted octanol–water partition coefficient (Wildman–Crippen LogP) is 4.40. The molecule has 0 saturated carbocycles. The Kier molecular flexibility index (Phi) is 6.13. The quantitative estimate of drug-likeness (QED) is 0.258. The van der Waals surface area contributed by atoms with Crippen LogP contribution in [0.4, 0.5) is 5.69 Å². The first-order chi connectivity index (χ1) is 15.5. The van der Waals surface area contributed by atoms with Gasteiger partial charge in [0.25, 0.3) is 11.6 Å². The second-order valence-electron chi connectivity index (χ2n) is 6.65. The molecule has 1 fully saturated rings. The van der Waals surface area contributed by atoms with E-state index in [0.717, 1.165) is 17.3 Å². The molecule has 9 nitrogen and oxygen atoms in total. The van der Waals surface area contributed by atoms with Gasteiger partial charge in [-0.25, -0.2) is 0 Å². The van der Waals surface area contributed by atoms with Gasteiger partial charge in [-0.1, -0.05) is 24.3 Å². The third-order valence-corrected chi connectivity index (χ3v) is 5.40. The van der Waals surface area contributed by atoms with Gasteiger partial charge in [-0.15, -0.1) is 5.10 Å². The standard InChI is InChI=1S/C22H16N4O5S/c27-18-8-6-15(7-9-18)12-20-21(28)25(14-19-5-2-10-31-19)22(32-20)24-23-13-16-3-1-4-17(11-16)26(29)30/h1-13,27H,14H2/b20-12-,23-13+,24-22-. The van der Waals surface area contributed by atoms with Gasteiger partial charge >= 0.3 is 0 Å². The van der Waals surface area contributed by atoms with E-state index in [9.17, 15) is 20.0 Å². The fourth-order valence-electron chi connectivity index (χ4n) is 2.87. The average molecular weight is 448 g/mol. The highest BCUT2D eigenvalue weighted by atomic mass is 32.2. The summed E-state index contributed by atoms with van der Waals surface area (Å²) in [5.74, 6) is 0.457. The van der Waals surface area contributed by atoms with Crippen LogP contribution in [0.15, 0.2) is 86.5 Å². The Bertz CT molecular complexity index is 1230. The van der Waals surface area contributed by atoms with E-state index >= 15 is 0 Å².